The summed E-state index contributed by atoms with van der Waals surface area (Å²) in [6, 6.07) is 16.8. The van der Waals surface area contributed by atoms with Crippen molar-refractivity contribution in [2.24, 2.45) is 5.92 Å². The highest BCUT2D eigenvalue weighted by molar-refractivity contribution is 5.86. The lowest BCUT2D eigenvalue weighted by Crippen LogP contribution is -2.41. The minimum Gasteiger partial charge on any atom is -0.508 e. The van der Waals surface area contributed by atoms with E-state index in [0.29, 0.717) is 29.4 Å². The highest BCUT2D eigenvalue weighted by atomic mass is 16.7. The highest BCUT2D eigenvalue weighted by Gasteiger charge is 2.55. The van der Waals surface area contributed by atoms with E-state index in [4.69, 9.17) is 14.2 Å². The standard InChI is InChI=1S/C26H25N3O6/c1-33-20-11-15(7-8-18(20)31)25-22-23(16-4-2-3-5-17(16)30)27-28-24(22)26(32)29(25)12-14-6-9-19-21(10-14)35-13-34-19/h2-11,22-25,27-28,30-31H,12-13H2,1H3. The van der Waals surface area contributed by atoms with Crippen LogP contribution in [0.25, 0.3) is 0 Å². The Labute approximate surface area is 201 Å². The van der Waals surface area contributed by atoms with Crippen molar-refractivity contribution in [2.45, 2.75) is 24.7 Å². The molecule has 3 aromatic carbocycles. The van der Waals surface area contributed by atoms with Crippen molar-refractivity contribution >= 4 is 5.91 Å². The Morgan fingerprint density at radius 3 is 2.60 bits per heavy atom. The Hall–Kier alpha value is -3.95. The molecule has 180 valence electrons. The van der Waals surface area contributed by atoms with Gasteiger partial charge in [-0.2, -0.15) is 0 Å². The SMILES string of the molecule is COc1cc(C2C3C(NNC3c3ccccc3O)C(=O)N2Cc2ccc3c(c2)OCO3)ccc1O. The van der Waals surface area contributed by atoms with Crippen LogP contribution < -0.4 is 25.1 Å². The van der Waals surface area contributed by atoms with Crippen LogP contribution in [-0.2, 0) is 11.3 Å². The van der Waals surface area contributed by atoms with Gasteiger partial charge in [0.05, 0.1) is 19.2 Å². The Morgan fingerprint density at radius 1 is 0.971 bits per heavy atom. The number of rotatable bonds is 5. The van der Waals surface area contributed by atoms with Gasteiger partial charge < -0.3 is 29.3 Å². The van der Waals surface area contributed by atoms with E-state index in [-0.39, 0.29) is 42.2 Å². The Kier molecular flexibility index (Phi) is 5.16. The number of amides is 1. The van der Waals surface area contributed by atoms with Gasteiger partial charge in [0, 0.05) is 18.0 Å². The second kappa shape index (κ2) is 8.37. The monoisotopic (exact) mass is 475 g/mol. The first kappa shape index (κ1) is 21.6. The van der Waals surface area contributed by atoms with Gasteiger partial charge >= 0.3 is 0 Å². The summed E-state index contributed by atoms with van der Waals surface area (Å²) in [5.41, 5.74) is 8.84. The lowest BCUT2D eigenvalue weighted by molar-refractivity contribution is -0.131. The van der Waals surface area contributed by atoms with Gasteiger partial charge in [-0.3, -0.25) is 4.79 Å². The molecule has 0 aliphatic carbocycles. The predicted octanol–water partition coefficient (Wildman–Crippen LogP) is 2.75. The minimum atomic E-state index is -0.501. The molecule has 3 aromatic rings. The molecule has 1 amide bonds. The fraction of sp³-hybridized carbons (Fsp3) is 0.269. The number of hydrogen-bond donors (Lipinski definition) is 4. The normalized spacial score (nSPS) is 24.6. The Balaban J connectivity index is 1.43. The molecule has 35 heavy (non-hydrogen) atoms. The van der Waals surface area contributed by atoms with Crippen molar-refractivity contribution in [2.75, 3.05) is 13.9 Å². The number of nitrogens with zero attached hydrogens (tertiary/aromatic N) is 1. The lowest BCUT2D eigenvalue weighted by atomic mass is 9.83. The third-order valence-electron chi connectivity index (χ3n) is 7.02. The van der Waals surface area contributed by atoms with Gasteiger partial charge in [0.2, 0.25) is 12.7 Å². The lowest BCUT2D eigenvalue weighted by Gasteiger charge is -2.32. The van der Waals surface area contributed by atoms with Crippen LogP contribution >= 0.6 is 0 Å². The van der Waals surface area contributed by atoms with Gasteiger partial charge in [-0.05, 0) is 41.5 Å². The number of ether oxygens (including phenoxy) is 3. The van der Waals surface area contributed by atoms with Crippen LogP contribution in [0.4, 0.5) is 0 Å². The summed E-state index contributed by atoms with van der Waals surface area (Å²) < 4.78 is 16.3. The van der Waals surface area contributed by atoms with Crippen LogP contribution in [-0.4, -0.2) is 41.0 Å². The molecule has 3 aliphatic rings. The summed E-state index contributed by atoms with van der Waals surface area (Å²) in [6.07, 6.45) is 0. The second-order valence-electron chi connectivity index (χ2n) is 8.91. The predicted molar refractivity (Wildman–Crippen MR) is 125 cm³/mol. The fourth-order valence-corrected chi connectivity index (χ4v) is 5.41. The van der Waals surface area contributed by atoms with E-state index in [2.05, 4.69) is 10.9 Å². The third-order valence-corrected chi connectivity index (χ3v) is 7.02. The van der Waals surface area contributed by atoms with Gasteiger partial charge in [-0.25, -0.2) is 10.9 Å². The number of phenols is 2. The molecule has 0 saturated carbocycles. The summed E-state index contributed by atoms with van der Waals surface area (Å²) in [5.74, 6) is 1.57. The quantitative estimate of drug-likeness (QED) is 0.446. The zero-order valence-corrected chi connectivity index (χ0v) is 19.0. The largest absolute Gasteiger partial charge is 0.508 e. The molecule has 4 N–H and O–H groups in total. The van der Waals surface area contributed by atoms with E-state index in [0.717, 1.165) is 11.1 Å². The average Bonchev–Trinajstić information content (AvgIpc) is 3.57. The van der Waals surface area contributed by atoms with E-state index in [1.807, 2.05) is 41.3 Å². The van der Waals surface area contributed by atoms with Gasteiger partial charge in [0.25, 0.3) is 0 Å². The number of aromatic hydroxyl groups is 2. The van der Waals surface area contributed by atoms with Crippen LogP contribution in [0.5, 0.6) is 28.7 Å². The first-order chi connectivity index (χ1) is 17.0. The van der Waals surface area contributed by atoms with Crippen LogP contribution in [0.1, 0.15) is 28.8 Å². The molecule has 9 heteroatoms. The van der Waals surface area contributed by atoms with Crippen molar-refractivity contribution in [1.82, 2.24) is 15.8 Å². The van der Waals surface area contributed by atoms with Crippen LogP contribution in [0, 0.1) is 5.92 Å². The Morgan fingerprint density at radius 2 is 1.77 bits per heavy atom. The van der Waals surface area contributed by atoms with E-state index in [9.17, 15) is 15.0 Å². The van der Waals surface area contributed by atoms with Crippen molar-refractivity contribution in [3.63, 3.8) is 0 Å². The maximum absolute atomic E-state index is 13.7. The van der Waals surface area contributed by atoms with Crippen molar-refractivity contribution in [3.8, 4) is 28.7 Å². The number of carbonyl (C=O) groups is 1. The number of benzene rings is 3. The number of para-hydroxylation sites is 1. The molecule has 2 saturated heterocycles. The summed E-state index contributed by atoms with van der Waals surface area (Å²) in [7, 11) is 1.50. The first-order valence-corrected chi connectivity index (χ1v) is 11.4. The topological polar surface area (TPSA) is 113 Å². The van der Waals surface area contributed by atoms with Crippen molar-refractivity contribution in [3.05, 3.63) is 77.4 Å². The molecule has 2 fully saturated rings. The number of nitrogens with one attached hydrogen (secondary N) is 2. The molecular formula is C26H25N3O6. The van der Waals surface area contributed by atoms with Gasteiger partial charge in [0.1, 0.15) is 11.8 Å². The van der Waals surface area contributed by atoms with Crippen molar-refractivity contribution < 1.29 is 29.2 Å². The first-order valence-electron chi connectivity index (χ1n) is 11.4. The van der Waals surface area contributed by atoms with E-state index >= 15 is 0 Å². The summed E-state index contributed by atoms with van der Waals surface area (Å²) >= 11 is 0. The number of fused-ring (bicyclic) bond motifs is 2. The number of hydrazine groups is 1. The number of hydrogen-bond acceptors (Lipinski definition) is 8. The van der Waals surface area contributed by atoms with Gasteiger partial charge in [-0.15, -0.1) is 0 Å². The maximum Gasteiger partial charge on any atom is 0.242 e. The molecule has 3 heterocycles. The fourth-order valence-electron chi connectivity index (χ4n) is 5.41. The minimum absolute atomic E-state index is 0.0272. The van der Waals surface area contributed by atoms with Crippen LogP contribution in [0.15, 0.2) is 60.7 Å². The molecule has 4 unspecified atom stereocenters. The zero-order valence-electron chi connectivity index (χ0n) is 19.0. The number of carbonyl (C=O) groups excluding carboxylic acids is 1. The molecular weight excluding hydrogens is 450 g/mol. The summed E-state index contributed by atoms with van der Waals surface area (Å²) in [4.78, 5) is 15.5. The smallest absolute Gasteiger partial charge is 0.242 e. The molecule has 9 nitrogen and oxygen atoms in total. The van der Waals surface area contributed by atoms with Crippen LogP contribution in [0.2, 0.25) is 0 Å². The van der Waals surface area contributed by atoms with E-state index in [1.165, 1.54) is 7.11 Å². The Bertz CT molecular complexity index is 1300. The zero-order chi connectivity index (χ0) is 24.1. The number of likely N-dealkylation sites (tertiary alicyclic amines) is 1. The highest BCUT2D eigenvalue weighted by Crippen LogP contribution is 2.50. The second-order valence-corrected chi connectivity index (χ2v) is 8.91. The molecule has 0 aromatic heterocycles. The van der Waals surface area contributed by atoms with Gasteiger partial charge in [0.15, 0.2) is 23.0 Å². The summed E-state index contributed by atoms with van der Waals surface area (Å²) in [5, 5.41) is 20.8. The van der Waals surface area contributed by atoms with Crippen LogP contribution in [0.3, 0.4) is 0 Å². The molecule has 6 rings (SSSR count). The number of phenolic OH excluding ortho intramolecular Hbond substituents is 2. The summed E-state index contributed by atoms with van der Waals surface area (Å²) in [6.45, 7) is 0.533. The molecule has 0 spiro atoms. The third kappa shape index (κ3) is 3.51. The average molecular weight is 476 g/mol. The maximum atomic E-state index is 13.7. The molecule has 0 bridgehead atoms. The molecule has 4 atom stereocenters. The number of methoxy groups -OCH3 is 1. The van der Waals surface area contributed by atoms with Crippen molar-refractivity contribution in [1.29, 1.82) is 0 Å². The van der Waals surface area contributed by atoms with Gasteiger partial charge in [-0.1, -0.05) is 30.3 Å². The van der Waals surface area contributed by atoms with E-state index in [1.54, 1.807) is 24.3 Å². The molecule has 0 radical (unpaired) electrons. The molecule has 3 aliphatic heterocycles. The van der Waals surface area contributed by atoms with E-state index < -0.39 is 6.04 Å².